The molecule has 0 heterocycles. The Morgan fingerprint density at radius 2 is 1.95 bits per heavy atom. The molecule has 1 aromatic rings. The van der Waals surface area contributed by atoms with Crippen molar-refractivity contribution in [2.24, 2.45) is 5.92 Å². The monoisotopic (exact) mass is 283 g/mol. The van der Waals surface area contributed by atoms with E-state index in [9.17, 15) is 26.7 Å². The van der Waals surface area contributed by atoms with Gasteiger partial charge in [-0.2, -0.15) is 13.2 Å². The molecule has 2 N–H and O–H groups in total. The second-order valence-electron chi connectivity index (χ2n) is 3.80. The van der Waals surface area contributed by atoms with Gasteiger partial charge in [0.1, 0.15) is 11.6 Å². The molecule has 0 aromatic heterocycles. The molecule has 1 aromatic carbocycles. The van der Waals surface area contributed by atoms with Crippen LogP contribution in [0.25, 0.3) is 0 Å². The summed E-state index contributed by atoms with van der Waals surface area (Å²) in [4.78, 5) is 10.4. The number of halogens is 5. The Labute approximate surface area is 105 Å². The molecule has 0 amide bonds. The van der Waals surface area contributed by atoms with Crippen LogP contribution >= 0.6 is 0 Å². The molecule has 0 radical (unpaired) electrons. The van der Waals surface area contributed by atoms with E-state index in [-0.39, 0.29) is 12.1 Å². The van der Waals surface area contributed by atoms with Gasteiger partial charge >= 0.3 is 12.1 Å². The van der Waals surface area contributed by atoms with E-state index in [0.717, 1.165) is 12.1 Å². The Morgan fingerprint density at radius 3 is 2.42 bits per heavy atom. The van der Waals surface area contributed by atoms with Crippen molar-refractivity contribution >= 4 is 5.97 Å². The quantitative estimate of drug-likeness (QED) is 0.815. The van der Waals surface area contributed by atoms with E-state index < -0.39 is 36.2 Å². The van der Waals surface area contributed by atoms with Crippen LogP contribution in [0.1, 0.15) is 5.56 Å². The largest absolute Gasteiger partial charge is 0.481 e. The highest BCUT2D eigenvalue weighted by Gasteiger charge is 2.44. The van der Waals surface area contributed by atoms with E-state index in [4.69, 9.17) is 5.11 Å². The summed E-state index contributed by atoms with van der Waals surface area (Å²) in [7, 11) is 0. The molecule has 1 rings (SSSR count). The average molecular weight is 283 g/mol. The predicted molar refractivity (Wildman–Crippen MR) is 55.2 cm³/mol. The molecule has 1 unspecified atom stereocenters. The van der Waals surface area contributed by atoms with Crippen LogP contribution in [-0.2, 0) is 11.3 Å². The topological polar surface area (TPSA) is 49.3 Å². The summed E-state index contributed by atoms with van der Waals surface area (Å²) < 4.78 is 62.6. The van der Waals surface area contributed by atoms with Crippen LogP contribution in [0.4, 0.5) is 22.0 Å². The van der Waals surface area contributed by atoms with Crippen LogP contribution < -0.4 is 5.32 Å². The summed E-state index contributed by atoms with van der Waals surface area (Å²) in [6.45, 7) is -1.22. The Bertz CT molecular complexity index is 461. The standard InChI is InChI=1S/C11H10F5NO2/c12-7-2-1-6(9(13)3-7)4-17-5-8(10(18)19)11(14,15)16/h1-3,8,17H,4-5H2,(H,18,19). The molecular formula is C11H10F5NO2. The third kappa shape index (κ3) is 4.47. The van der Waals surface area contributed by atoms with Gasteiger partial charge in [0.15, 0.2) is 5.92 Å². The van der Waals surface area contributed by atoms with Crippen molar-refractivity contribution in [3.8, 4) is 0 Å². The number of hydrogen-bond donors (Lipinski definition) is 2. The number of rotatable bonds is 5. The minimum absolute atomic E-state index is 0.0484. The van der Waals surface area contributed by atoms with Crippen molar-refractivity contribution in [3.05, 3.63) is 35.4 Å². The number of aliphatic carboxylic acids is 1. The van der Waals surface area contributed by atoms with E-state index in [1.54, 1.807) is 0 Å². The van der Waals surface area contributed by atoms with Crippen molar-refractivity contribution in [3.63, 3.8) is 0 Å². The minimum Gasteiger partial charge on any atom is -0.481 e. The van der Waals surface area contributed by atoms with Crippen molar-refractivity contribution in [1.82, 2.24) is 5.32 Å². The molecule has 0 aliphatic carbocycles. The van der Waals surface area contributed by atoms with E-state index in [1.807, 2.05) is 0 Å². The highest BCUT2D eigenvalue weighted by molar-refractivity contribution is 5.71. The second kappa shape index (κ2) is 5.96. The maximum absolute atomic E-state index is 13.1. The maximum atomic E-state index is 13.1. The van der Waals surface area contributed by atoms with Crippen LogP contribution in [0.15, 0.2) is 18.2 Å². The summed E-state index contributed by atoms with van der Waals surface area (Å²) in [5, 5.41) is 10.6. The van der Waals surface area contributed by atoms with Gasteiger partial charge in [0.2, 0.25) is 0 Å². The summed E-state index contributed by atoms with van der Waals surface area (Å²) in [6.07, 6.45) is -4.89. The third-order valence-electron chi connectivity index (χ3n) is 2.37. The summed E-state index contributed by atoms with van der Waals surface area (Å²) in [5.41, 5.74) is -0.0484. The van der Waals surface area contributed by atoms with Crippen LogP contribution in [-0.4, -0.2) is 23.8 Å². The zero-order chi connectivity index (χ0) is 14.6. The normalized spacial score (nSPS) is 13.3. The van der Waals surface area contributed by atoms with Crippen LogP contribution in [0, 0.1) is 17.6 Å². The lowest BCUT2D eigenvalue weighted by Gasteiger charge is -2.16. The number of alkyl halides is 3. The lowest BCUT2D eigenvalue weighted by Crippen LogP contribution is -2.39. The number of carboxylic acid groups (broad SMARTS) is 1. The van der Waals surface area contributed by atoms with Crippen molar-refractivity contribution in [1.29, 1.82) is 0 Å². The molecule has 1 atom stereocenters. The lowest BCUT2D eigenvalue weighted by atomic mass is 10.1. The first-order valence-corrected chi connectivity index (χ1v) is 5.16. The average Bonchev–Trinajstić information content (AvgIpc) is 2.24. The number of hydrogen-bond acceptors (Lipinski definition) is 2. The van der Waals surface area contributed by atoms with Crippen LogP contribution in [0.3, 0.4) is 0 Å². The fourth-order valence-corrected chi connectivity index (χ4v) is 1.36. The van der Waals surface area contributed by atoms with Gasteiger partial charge in [-0.05, 0) is 6.07 Å². The number of benzene rings is 1. The molecule has 106 valence electrons. The van der Waals surface area contributed by atoms with E-state index in [1.165, 1.54) is 0 Å². The highest BCUT2D eigenvalue weighted by atomic mass is 19.4. The van der Waals surface area contributed by atoms with Gasteiger partial charge in [-0.1, -0.05) is 6.07 Å². The molecule has 19 heavy (non-hydrogen) atoms. The minimum atomic E-state index is -4.89. The van der Waals surface area contributed by atoms with Crippen LogP contribution in [0.2, 0.25) is 0 Å². The third-order valence-corrected chi connectivity index (χ3v) is 2.37. The first-order valence-electron chi connectivity index (χ1n) is 5.16. The first-order chi connectivity index (χ1) is 8.71. The zero-order valence-corrected chi connectivity index (χ0v) is 9.47. The molecule has 0 bridgehead atoms. The Hall–Kier alpha value is -1.70. The molecule has 8 heteroatoms. The molecule has 3 nitrogen and oxygen atoms in total. The van der Waals surface area contributed by atoms with E-state index in [2.05, 4.69) is 5.32 Å². The molecule has 0 saturated heterocycles. The Kier molecular flexibility index (Phi) is 4.82. The Balaban J connectivity index is 2.60. The number of carbonyl (C=O) groups is 1. The predicted octanol–water partition coefficient (Wildman–Crippen LogP) is 2.32. The smallest absolute Gasteiger partial charge is 0.403 e. The molecule has 0 aliphatic heterocycles. The van der Waals surface area contributed by atoms with Crippen molar-refractivity contribution < 1.29 is 31.9 Å². The second-order valence-corrected chi connectivity index (χ2v) is 3.80. The maximum Gasteiger partial charge on any atom is 0.403 e. The fraction of sp³-hybridized carbons (Fsp3) is 0.364. The molecular weight excluding hydrogens is 273 g/mol. The van der Waals surface area contributed by atoms with Crippen molar-refractivity contribution in [2.45, 2.75) is 12.7 Å². The summed E-state index contributed by atoms with van der Waals surface area (Å²) >= 11 is 0. The Morgan fingerprint density at radius 1 is 1.32 bits per heavy atom. The van der Waals surface area contributed by atoms with Gasteiger partial charge in [-0.3, -0.25) is 4.79 Å². The molecule has 0 saturated carbocycles. The van der Waals surface area contributed by atoms with Gasteiger partial charge in [0.05, 0.1) is 0 Å². The summed E-state index contributed by atoms with van der Waals surface area (Å²) in [6, 6.07) is 2.62. The SMILES string of the molecule is O=C(O)C(CNCc1ccc(F)cc1F)C(F)(F)F. The first kappa shape index (κ1) is 15.4. The van der Waals surface area contributed by atoms with E-state index >= 15 is 0 Å². The summed E-state index contributed by atoms with van der Waals surface area (Å²) in [5.74, 6) is -6.30. The van der Waals surface area contributed by atoms with Gasteiger partial charge in [0.25, 0.3) is 0 Å². The zero-order valence-electron chi connectivity index (χ0n) is 9.47. The molecule has 0 fully saturated rings. The van der Waals surface area contributed by atoms with Crippen LogP contribution in [0.5, 0.6) is 0 Å². The lowest BCUT2D eigenvalue weighted by molar-refractivity contribution is -0.192. The van der Waals surface area contributed by atoms with E-state index in [0.29, 0.717) is 6.07 Å². The van der Waals surface area contributed by atoms with Gasteiger partial charge in [0, 0.05) is 24.7 Å². The number of carboxylic acids is 1. The number of nitrogens with one attached hydrogen (secondary N) is 1. The van der Waals surface area contributed by atoms with Gasteiger partial charge < -0.3 is 10.4 Å². The highest BCUT2D eigenvalue weighted by Crippen LogP contribution is 2.25. The van der Waals surface area contributed by atoms with Gasteiger partial charge in [-0.25, -0.2) is 8.78 Å². The van der Waals surface area contributed by atoms with Gasteiger partial charge in [-0.15, -0.1) is 0 Å². The fourth-order valence-electron chi connectivity index (χ4n) is 1.36. The van der Waals surface area contributed by atoms with Crippen molar-refractivity contribution in [2.75, 3.05) is 6.54 Å². The molecule has 0 spiro atoms. The molecule has 0 aliphatic rings.